The molecule has 22 heavy (non-hydrogen) atoms. The first-order chi connectivity index (χ1) is 10.6. The van der Waals surface area contributed by atoms with Crippen LogP contribution in [0.2, 0.25) is 0 Å². The molecule has 5 heteroatoms. The van der Waals surface area contributed by atoms with Crippen LogP contribution in [0.15, 0.2) is 48.5 Å². The number of aromatic nitrogens is 1. The van der Waals surface area contributed by atoms with Gasteiger partial charge in [0, 0.05) is 12.1 Å². The Hall–Kier alpha value is -2.24. The second-order valence-electron chi connectivity index (χ2n) is 5.31. The maximum absolute atomic E-state index is 11.1. The molecule has 2 N–H and O–H groups in total. The molecule has 0 spiro atoms. The van der Waals surface area contributed by atoms with Crippen LogP contribution in [0.5, 0.6) is 0 Å². The average molecular weight is 311 g/mol. The molecule has 1 aromatic heterocycles. The number of nitrogens with zero attached hydrogens (tertiary/aromatic N) is 2. The predicted octanol–water partition coefficient (Wildman–Crippen LogP) is 3.03. The monoisotopic (exact) mass is 311 g/mol. The van der Waals surface area contributed by atoms with Crippen LogP contribution in [-0.4, -0.2) is 22.8 Å². The number of para-hydroxylation sites is 1. The smallest absolute Gasteiger partial charge is 0.248 e. The van der Waals surface area contributed by atoms with Gasteiger partial charge in [-0.2, -0.15) is 0 Å². The van der Waals surface area contributed by atoms with Crippen molar-refractivity contribution in [3.05, 3.63) is 64.7 Å². The van der Waals surface area contributed by atoms with Crippen molar-refractivity contribution in [2.75, 3.05) is 7.05 Å². The highest BCUT2D eigenvalue weighted by Gasteiger charge is 2.07. The second-order valence-corrected chi connectivity index (χ2v) is 6.42. The summed E-state index contributed by atoms with van der Waals surface area (Å²) in [6.07, 6.45) is 0. The van der Waals surface area contributed by atoms with E-state index in [9.17, 15) is 4.79 Å². The summed E-state index contributed by atoms with van der Waals surface area (Å²) in [4.78, 5) is 17.9. The summed E-state index contributed by atoms with van der Waals surface area (Å²) in [6.45, 7) is 1.60. The summed E-state index contributed by atoms with van der Waals surface area (Å²) >= 11 is 1.73. The van der Waals surface area contributed by atoms with Gasteiger partial charge in [0.25, 0.3) is 0 Å². The number of carbonyl (C=O) groups is 1. The third-order valence-electron chi connectivity index (χ3n) is 3.43. The first-order valence-corrected chi connectivity index (χ1v) is 7.85. The number of hydrogen-bond acceptors (Lipinski definition) is 4. The van der Waals surface area contributed by atoms with Crippen LogP contribution in [0, 0.1) is 0 Å². The molecular weight excluding hydrogens is 294 g/mol. The van der Waals surface area contributed by atoms with Gasteiger partial charge < -0.3 is 5.73 Å². The Morgan fingerprint density at radius 1 is 1.14 bits per heavy atom. The molecular formula is C17H17N3OS. The highest BCUT2D eigenvalue weighted by molar-refractivity contribution is 7.18. The van der Waals surface area contributed by atoms with E-state index >= 15 is 0 Å². The number of fused-ring (bicyclic) bond motifs is 1. The average Bonchev–Trinajstić information content (AvgIpc) is 2.89. The van der Waals surface area contributed by atoms with E-state index in [1.165, 1.54) is 4.70 Å². The van der Waals surface area contributed by atoms with Gasteiger partial charge in [-0.05, 0) is 36.9 Å². The summed E-state index contributed by atoms with van der Waals surface area (Å²) in [5, 5.41) is 1.11. The zero-order valence-corrected chi connectivity index (χ0v) is 13.1. The fourth-order valence-electron chi connectivity index (χ4n) is 2.36. The van der Waals surface area contributed by atoms with E-state index in [1.54, 1.807) is 23.5 Å². The quantitative estimate of drug-likeness (QED) is 0.788. The lowest BCUT2D eigenvalue weighted by Gasteiger charge is -2.15. The van der Waals surface area contributed by atoms with Crippen LogP contribution in [0.3, 0.4) is 0 Å². The van der Waals surface area contributed by atoms with E-state index < -0.39 is 5.91 Å². The van der Waals surface area contributed by atoms with E-state index in [4.69, 9.17) is 5.73 Å². The Bertz CT molecular complexity index is 762. The van der Waals surface area contributed by atoms with E-state index in [0.29, 0.717) is 5.56 Å². The predicted molar refractivity (Wildman–Crippen MR) is 89.8 cm³/mol. The fourth-order valence-corrected chi connectivity index (χ4v) is 3.41. The molecule has 112 valence electrons. The number of thiazole rings is 1. The Morgan fingerprint density at radius 2 is 1.86 bits per heavy atom. The van der Waals surface area contributed by atoms with Crippen molar-refractivity contribution in [3.63, 3.8) is 0 Å². The molecule has 0 unspecified atom stereocenters. The Balaban J connectivity index is 1.66. The van der Waals surface area contributed by atoms with Crippen LogP contribution in [-0.2, 0) is 13.1 Å². The normalized spacial score (nSPS) is 11.2. The number of hydrogen-bond donors (Lipinski definition) is 1. The number of primary amides is 1. The van der Waals surface area contributed by atoms with Crippen LogP contribution < -0.4 is 5.73 Å². The summed E-state index contributed by atoms with van der Waals surface area (Å²) in [7, 11) is 2.06. The molecule has 0 aliphatic heterocycles. The molecule has 0 atom stereocenters. The topological polar surface area (TPSA) is 59.2 Å². The van der Waals surface area contributed by atoms with Crippen molar-refractivity contribution in [3.8, 4) is 0 Å². The van der Waals surface area contributed by atoms with Crippen molar-refractivity contribution in [1.29, 1.82) is 0 Å². The largest absolute Gasteiger partial charge is 0.366 e. The summed E-state index contributed by atoms with van der Waals surface area (Å²) < 4.78 is 1.22. The van der Waals surface area contributed by atoms with E-state index in [-0.39, 0.29) is 0 Å². The number of amides is 1. The van der Waals surface area contributed by atoms with E-state index in [2.05, 4.69) is 23.0 Å². The van der Waals surface area contributed by atoms with Crippen molar-refractivity contribution in [2.45, 2.75) is 13.1 Å². The molecule has 0 bridgehead atoms. The van der Waals surface area contributed by atoms with Crippen molar-refractivity contribution in [1.82, 2.24) is 9.88 Å². The lowest BCUT2D eigenvalue weighted by atomic mass is 10.1. The first kappa shape index (κ1) is 14.7. The molecule has 0 saturated heterocycles. The van der Waals surface area contributed by atoms with Crippen molar-refractivity contribution in [2.24, 2.45) is 5.73 Å². The van der Waals surface area contributed by atoms with E-state index in [0.717, 1.165) is 29.2 Å². The lowest BCUT2D eigenvalue weighted by molar-refractivity contribution is 0.100. The van der Waals surface area contributed by atoms with Crippen LogP contribution >= 0.6 is 11.3 Å². The van der Waals surface area contributed by atoms with Crippen LogP contribution in [0.1, 0.15) is 20.9 Å². The van der Waals surface area contributed by atoms with E-state index in [1.807, 2.05) is 30.3 Å². The standard InChI is InChI=1S/C17H17N3OS/c1-20(10-12-6-8-13(9-7-12)17(18)21)11-16-19-14-4-2-3-5-15(14)22-16/h2-9H,10-11H2,1H3,(H2,18,21). The molecule has 2 aromatic carbocycles. The molecule has 1 amide bonds. The summed E-state index contributed by atoms with van der Waals surface area (Å²) in [5.41, 5.74) is 7.99. The van der Waals surface area contributed by atoms with Gasteiger partial charge in [-0.15, -0.1) is 11.3 Å². The zero-order chi connectivity index (χ0) is 15.5. The molecule has 0 saturated carbocycles. The first-order valence-electron chi connectivity index (χ1n) is 7.03. The van der Waals surface area contributed by atoms with Crippen molar-refractivity contribution >= 4 is 27.5 Å². The molecule has 1 heterocycles. The fraction of sp³-hybridized carbons (Fsp3) is 0.176. The molecule has 0 aliphatic rings. The van der Waals surface area contributed by atoms with Gasteiger partial charge in [0.1, 0.15) is 5.01 Å². The lowest BCUT2D eigenvalue weighted by Crippen LogP contribution is -2.17. The molecule has 0 aliphatic carbocycles. The van der Waals surface area contributed by atoms with Gasteiger partial charge in [0.05, 0.1) is 16.8 Å². The maximum Gasteiger partial charge on any atom is 0.248 e. The molecule has 3 rings (SSSR count). The van der Waals surface area contributed by atoms with Gasteiger partial charge in [-0.25, -0.2) is 4.98 Å². The Morgan fingerprint density at radius 3 is 2.55 bits per heavy atom. The van der Waals surface area contributed by atoms with Crippen molar-refractivity contribution < 1.29 is 4.79 Å². The summed E-state index contributed by atoms with van der Waals surface area (Å²) in [5.74, 6) is -0.394. The van der Waals surface area contributed by atoms with Gasteiger partial charge >= 0.3 is 0 Å². The third-order valence-corrected chi connectivity index (χ3v) is 4.46. The zero-order valence-electron chi connectivity index (χ0n) is 12.3. The minimum Gasteiger partial charge on any atom is -0.366 e. The molecule has 0 radical (unpaired) electrons. The Kier molecular flexibility index (Phi) is 4.18. The number of carbonyl (C=O) groups excluding carboxylic acids is 1. The SMILES string of the molecule is CN(Cc1ccc(C(N)=O)cc1)Cc1nc2ccccc2s1. The minimum atomic E-state index is -0.394. The number of benzene rings is 2. The highest BCUT2D eigenvalue weighted by Crippen LogP contribution is 2.22. The second kappa shape index (κ2) is 6.25. The third kappa shape index (κ3) is 3.32. The van der Waals surface area contributed by atoms with Gasteiger partial charge in [-0.1, -0.05) is 24.3 Å². The van der Waals surface area contributed by atoms with Gasteiger partial charge in [0.15, 0.2) is 0 Å². The minimum absolute atomic E-state index is 0.394. The number of nitrogens with two attached hydrogens (primary N) is 1. The molecule has 3 aromatic rings. The highest BCUT2D eigenvalue weighted by atomic mass is 32.1. The van der Waals surface area contributed by atoms with Gasteiger partial charge in [0.2, 0.25) is 5.91 Å². The Labute approximate surface area is 133 Å². The maximum atomic E-state index is 11.1. The van der Waals surface area contributed by atoms with Gasteiger partial charge in [-0.3, -0.25) is 9.69 Å². The van der Waals surface area contributed by atoms with Crippen LogP contribution in [0.25, 0.3) is 10.2 Å². The number of rotatable bonds is 5. The molecule has 4 nitrogen and oxygen atoms in total. The molecule has 0 fully saturated rings. The van der Waals surface area contributed by atoms with Crippen LogP contribution in [0.4, 0.5) is 0 Å². The summed E-state index contributed by atoms with van der Waals surface area (Å²) in [6, 6.07) is 15.6.